The zero-order chi connectivity index (χ0) is 18.0. The number of amides is 2. The fourth-order valence-corrected chi connectivity index (χ4v) is 4.66. The highest BCUT2D eigenvalue weighted by Crippen LogP contribution is 2.36. The molecule has 1 atom stereocenters. The van der Waals surface area contributed by atoms with Crippen molar-refractivity contribution in [3.63, 3.8) is 0 Å². The first-order chi connectivity index (χ1) is 11.9. The van der Waals surface area contributed by atoms with Crippen molar-refractivity contribution in [2.75, 3.05) is 6.54 Å². The number of hydrogen-bond donors (Lipinski definition) is 2. The molecule has 0 spiro atoms. The van der Waals surface area contributed by atoms with E-state index >= 15 is 0 Å². The maximum atomic E-state index is 14.7. The summed E-state index contributed by atoms with van der Waals surface area (Å²) in [6, 6.07) is 9.94. The van der Waals surface area contributed by atoms with Crippen LogP contribution in [0.25, 0.3) is 0 Å². The number of urea groups is 1. The van der Waals surface area contributed by atoms with Crippen molar-refractivity contribution < 1.29 is 17.6 Å². The summed E-state index contributed by atoms with van der Waals surface area (Å²) in [5.41, 5.74) is 6.25. The Morgan fingerprint density at radius 3 is 2.60 bits per heavy atom. The van der Waals surface area contributed by atoms with Gasteiger partial charge in [0, 0.05) is 12.5 Å². The molecule has 2 amide bonds. The molecule has 5 nitrogen and oxygen atoms in total. The van der Waals surface area contributed by atoms with Crippen LogP contribution < -0.4 is 11.1 Å². The molecule has 132 valence electrons. The van der Waals surface area contributed by atoms with Crippen LogP contribution in [-0.2, 0) is 16.3 Å². The third-order valence-electron chi connectivity index (χ3n) is 4.48. The lowest BCUT2D eigenvalue weighted by atomic mass is 9.82. The largest absolute Gasteiger partial charge is 0.352 e. The molecular weight excluding hydrogens is 343 g/mol. The summed E-state index contributed by atoms with van der Waals surface area (Å²) >= 11 is 0. The molecule has 3 N–H and O–H groups in total. The average Bonchev–Trinajstić information content (AvgIpc) is 2.60. The van der Waals surface area contributed by atoms with Gasteiger partial charge in [-0.25, -0.2) is 17.6 Å². The second-order valence-electron chi connectivity index (χ2n) is 6.13. The van der Waals surface area contributed by atoms with Crippen molar-refractivity contribution in [3.8, 4) is 0 Å². The maximum absolute atomic E-state index is 14.7. The van der Waals surface area contributed by atoms with E-state index in [2.05, 4.69) is 5.32 Å². The molecule has 3 rings (SSSR count). The van der Waals surface area contributed by atoms with Crippen LogP contribution in [0.2, 0.25) is 0 Å². The standard InChI is InChI=1S/C18H19FN2O3S/c19-16-10-15(25(23,24)14-7-2-1-3-8-14)9-12-5-4-6-13(17(12)16)11-21-18(20)22/h1-3,7-10,13H,4-6,11H2,(H3,20,21,22)/t13-/m0/s1. The van der Waals surface area contributed by atoms with Crippen LogP contribution >= 0.6 is 0 Å². The Morgan fingerprint density at radius 1 is 1.20 bits per heavy atom. The Bertz CT molecular complexity index is 898. The van der Waals surface area contributed by atoms with Crippen molar-refractivity contribution in [3.05, 3.63) is 59.4 Å². The van der Waals surface area contributed by atoms with Crippen LogP contribution in [0.3, 0.4) is 0 Å². The number of fused-ring (bicyclic) bond motifs is 1. The average molecular weight is 362 g/mol. The SMILES string of the molecule is NC(=O)NC[C@@H]1CCCc2cc(S(=O)(=O)c3ccccc3)cc(F)c21. The summed E-state index contributed by atoms with van der Waals surface area (Å²) in [6.45, 7) is 0.240. The van der Waals surface area contributed by atoms with Crippen molar-refractivity contribution in [1.82, 2.24) is 5.32 Å². The van der Waals surface area contributed by atoms with Gasteiger partial charge in [0.1, 0.15) is 5.82 Å². The third-order valence-corrected chi connectivity index (χ3v) is 6.23. The molecule has 1 aliphatic carbocycles. The van der Waals surface area contributed by atoms with Gasteiger partial charge < -0.3 is 11.1 Å². The molecule has 0 heterocycles. The second-order valence-corrected chi connectivity index (χ2v) is 8.08. The first kappa shape index (κ1) is 17.4. The molecule has 0 saturated carbocycles. The third kappa shape index (κ3) is 3.51. The van der Waals surface area contributed by atoms with Crippen LogP contribution in [0.15, 0.2) is 52.3 Å². The number of nitrogens with two attached hydrogens (primary N) is 1. The molecule has 7 heteroatoms. The Kier molecular flexibility index (Phi) is 4.76. The van der Waals surface area contributed by atoms with Gasteiger partial charge in [-0.15, -0.1) is 0 Å². The minimum atomic E-state index is -3.77. The maximum Gasteiger partial charge on any atom is 0.312 e. The molecular formula is C18H19FN2O3S. The van der Waals surface area contributed by atoms with E-state index in [0.717, 1.165) is 18.9 Å². The summed E-state index contributed by atoms with van der Waals surface area (Å²) in [5.74, 6) is -0.757. The molecule has 0 bridgehead atoms. The van der Waals surface area contributed by atoms with Crippen molar-refractivity contribution in [2.45, 2.75) is 35.0 Å². The quantitative estimate of drug-likeness (QED) is 0.876. The van der Waals surface area contributed by atoms with Crippen LogP contribution in [0.5, 0.6) is 0 Å². The summed E-state index contributed by atoms with van der Waals surface area (Å²) in [4.78, 5) is 11.0. The minimum Gasteiger partial charge on any atom is -0.352 e. The lowest BCUT2D eigenvalue weighted by molar-refractivity contribution is 0.247. The lowest BCUT2D eigenvalue weighted by Crippen LogP contribution is -2.34. The monoisotopic (exact) mass is 362 g/mol. The molecule has 1 aliphatic rings. The highest BCUT2D eigenvalue weighted by molar-refractivity contribution is 7.91. The number of nitrogens with one attached hydrogen (secondary N) is 1. The van der Waals surface area contributed by atoms with E-state index in [0.29, 0.717) is 17.5 Å². The Labute approximate surface area is 146 Å². The minimum absolute atomic E-state index is 0.0431. The van der Waals surface area contributed by atoms with Crippen LogP contribution in [0, 0.1) is 5.82 Å². The van der Waals surface area contributed by atoms with Gasteiger partial charge in [-0.05, 0) is 54.7 Å². The summed E-state index contributed by atoms with van der Waals surface area (Å²) in [7, 11) is -3.77. The van der Waals surface area contributed by atoms with Gasteiger partial charge in [0.15, 0.2) is 0 Å². The molecule has 25 heavy (non-hydrogen) atoms. The predicted molar refractivity (Wildman–Crippen MR) is 91.6 cm³/mol. The van der Waals surface area contributed by atoms with E-state index in [-0.39, 0.29) is 22.3 Å². The summed E-state index contributed by atoms with van der Waals surface area (Å²) < 4.78 is 40.2. The zero-order valence-corrected chi connectivity index (χ0v) is 14.4. The predicted octanol–water partition coefficient (Wildman–Crippen LogP) is 2.75. The molecule has 0 saturated heterocycles. The molecule has 0 aromatic heterocycles. The van der Waals surface area contributed by atoms with Gasteiger partial charge in [-0.1, -0.05) is 18.2 Å². The van der Waals surface area contributed by atoms with Gasteiger partial charge >= 0.3 is 6.03 Å². The van der Waals surface area contributed by atoms with Crippen molar-refractivity contribution in [2.24, 2.45) is 5.73 Å². The van der Waals surface area contributed by atoms with E-state index in [4.69, 9.17) is 5.73 Å². The highest BCUT2D eigenvalue weighted by Gasteiger charge is 2.27. The Hall–Kier alpha value is -2.41. The number of sulfone groups is 1. The van der Waals surface area contributed by atoms with E-state index in [9.17, 15) is 17.6 Å². The van der Waals surface area contributed by atoms with E-state index < -0.39 is 21.7 Å². The zero-order valence-electron chi connectivity index (χ0n) is 13.5. The van der Waals surface area contributed by atoms with Crippen molar-refractivity contribution in [1.29, 1.82) is 0 Å². The summed E-state index contributed by atoms with van der Waals surface area (Å²) in [5, 5.41) is 2.51. The van der Waals surface area contributed by atoms with Gasteiger partial charge in [-0.3, -0.25) is 0 Å². The van der Waals surface area contributed by atoms with Gasteiger partial charge in [0.2, 0.25) is 9.84 Å². The number of carbonyl (C=O) groups is 1. The van der Waals surface area contributed by atoms with Crippen LogP contribution in [0.1, 0.15) is 29.9 Å². The fourth-order valence-electron chi connectivity index (χ4n) is 3.31. The summed E-state index contributed by atoms with van der Waals surface area (Å²) in [6.07, 6.45) is 2.12. The molecule has 2 aromatic carbocycles. The highest BCUT2D eigenvalue weighted by atomic mass is 32.2. The number of benzene rings is 2. The van der Waals surface area contributed by atoms with E-state index in [1.165, 1.54) is 12.1 Å². The smallest absolute Gasteiger partial charge is 0.312 e. The van der Waals surface area contributed by atoms with Crippen LogP contribution in [0.4, 0.5) is 9.18 Å². The Morgan fingerprint density at radius 2 is 1.92 bits per heavy atom. The number of halogens is 1. The second kappa shape index (κ2) is 6.84. The Balaban J connectivity index is 2.01. The number of primary amides is 1. The number of rotatable bonds is 4. The number of hydrogen-bond acceptors (Lipinski definition) is 3. The normalized spacial score (nSPS) is 16.9. The molecule has 0 aliphatic heterocycles. The molecule has 0 unspecified atom stereocenters. The topological polar surface area (TPSA) is 89.3 Å². The number of aryl methyl sites for hydroxylation is 1. The first-order valence-corrected chi connectivity index (χ1v) is 9.53. The van der Waals surface area contributed by atoms with Gasteiger partial charge in [0.05, 0.1) is 9.79 Å². The van der Waals surface area contributed by atoms with Gasteiger partial charge in [-0.2, -0.15) is 0 Å². The fraction of sp³-hybridized carbons (Fsp3) is 0.278. The number of carbonyl (C=O) groups excluding carboxylic acids is 1. The molecule has 2 aromatic rings. The van der Waals surface area contributed by atoms with E-state index in [1.54, 1.807) is 24.3 Å². The van der Waals surface area contributed by atoms with Gasteiger partial charge in [0.25, 0.3) is 0 Å². The van der Waals surface area contributed by atoms with E-state index in [1.807, 2.05) is 0 Å². The molecule has 0 radical (unpaired) electrons. The molecule has 0 fully saturated rings. The van der Waals surface area contributed by atoms with Crippen molar-refractivity contribution >= 4 is 15.9 Å². The van der Waals surface area contributed by atoms with Crippen LogP contribution in [-0.4, -0.2) is 21.0 Å². The lowest BCUT2D eigenvalue weighted by Gasteiger charge is -2.26. The first-order valence-electron chi connectivity index (χ1n) is 8.05.